The minimum Gasteiger partial charge on any atom is -0.368 e. The quantitative estimate of drug-likeness (QED) is 0.808. The molecule has 0 atom stereocenters. The van der Waals surface area contributed by atoms with Gasteiger partial charge in [0.1, 0.15) is 23.7 Å². The molecule has 0 spiro atoms. The number of aromatic nitrogens is 2. The Balaban J connectivity index is 1.41. The lowest BCUT2D eigenvalue weighted by Crippen LogP contribution is -2.49. The van der Waals surface area contributed by atoms with E-state index in [1.54, 1.807) is 23.1 Å². The molecule has 8 heteroatoms. The molecule has 2 aliphatic heterocycles. The second kappa shape index (κ2) is 7.68. The molecule has 1 aromatic carbocycles. The Morgan fingerprint density at radius 1 is 0.963 bits per heavy atom. The van der Waals surface area contributed by atoms with Crippen LogP contribution in [0.2, 0.25) is 5.02 Å². The van der Waals surface area contributed by atoms with Gasteiger partial charge in [-0.15, -0.1) is 0 Å². The Morgan fingerprint density at radius 2 is 1.70 bits per heavy atom. The lowest BCUT2D eigenvalue weighted by Gasteiger charge is -2.36. The molecule has 4 rings (SSSR count). The number of nitrogens with zero attached hydrogens (tertiary/aromatic N) is 5. The molecular weight excluding hydrogens is 369 g/mol. The summed E-state index contributed by atoms with van der Waals surface area (Å²) in [5.41, 5.74) is 1.30. The molecule has 27 heavy (non-hydrogen) atoms. The molecule has 0 unspecified atom stereocenters. The van der Waals surface area contributed by atoms with E-state index in [0.29, 0.717) is 31.9 Å². The molecule has 2 aromatic rings. The van der Waals surface area contributed by atoms with Gasteiger partial charge in [0.25, 0.3) is 5.91 Å². The Bertz CT molecular complexity index is 835. The van der Waals surface area contributed by atoms with Gasteiger partial charge in [0.2, 0.25) is 0 Å². The molecule has 142 valence electrons. The number of hydrogen-bond donors (Lipinski definition) is 0. The van der Waals surface area contributed by atoms with Crippen LogP contribution in [-0.4, -0.2) is 60.0 Å². The van der Waals surface area contributed by atoms with Crippen LogP contribution in [0, 0.1) is 5.82 Å². The van der Waals surface area contributed by atoms with Gasteiger partial charge in [-0.25, -0.2) is 14.4 Å². The molecule has 2 aliphatic rings. The summed E-state index contributed by atoms with van der Waals surface area (Å²) < 4.78 is 13.3. The lowest BCUT2D eigenvalue weighted by molar-refractivity contribution is 0.0740. The van der Waals surface area contributed by atoms with E-state index in [1.165, 1.54) is 12.4 Å². The van der Waals surface area contributed by atoms with E-state index in [4.69, 9.17) is 11.6 Å². The third-order valence-electron chi connectivity index (χ3n) is 5.14. The maximum atomic E-state index is 13.3. The molecule has 6 nitrogen and oxygen atoms in total. The lowest BCUT2D eigenvalue weighted by atomic mass is 10.2. The Morgan fingerprint density at radius 3 is 2.41 bits per heavy atom. The normalized spacial score (nSPS) is 17.5. The van der Waals surface area contributed by atoms with Gasteiger partial charge in [0.15, 0.2) is 0 Å². The smallest absolute Gasteiger partial charge is 0.272 e. The molecule has 1 amide bonds. The van der Waals surface area contributed by atoms with Crippen molar-refractivity contribution in [1.82, 2.24) is 14.9 Å². The fourth-order valence-corrected chi connectivity index (χ4v) is 3.77. The van der Waals surface area contributed by atoms with Crippen molar-refractivity contribution < 1.29 is 9.18 Å². The standard InChI is InChI=1S/C19H21ClFN5O/c20-15-11-14(3-4-16(15)21)24-7-9-26(10-8-24)19(27)17-12-18(23-13-22-17)25-5-1-2-6-25/h3-4,11-13H,1-2,5-10H2. The number of carbonyl (C=O) groups is 1. The number of rotatable bonds is 3. The Labute approximate surface area is 162 Å². The van der Waals surface area contributed by atoms with Gasteiger partial charge in [0, 0.05) is 51.0 Å². The molecule has 2 saturated heterocycles. The maximum absolute atomic E-state index is 13.3. The molecule has 1 aromatic heterocycles. The first-order valence-electron chi connectivity index (χ1n) is 9.18. The van der Waals surface area contributed by atoms with E-state index < -0.39 is 5.82 Å². The van der Waals surface area contributed by atoms with Crippen LogP contribution in [0.3, 0.4) is 0 Å². The average molecular weight is 390 g/mol. The highest BCUT2D eigenvalue weighted by Crippen LogP contribution is 2.24. The summed E-state index contributed by atoms with van der Waals surface area (Å²) in [6, 6.07) is 6.50. The molecule has 3 heterocycles. The summed E-state index contributed by atoms with van der Waals surface area (Å²) in [7, 11) is 0. The fraction of sp³-hybridized carbons (Fsp3) is 0.421. The minimum absolute atomic E-state index is 0.0744. The molecule has 0 saturated carbocycles. The Hall–Kier alpha value is -2.41. The van der Waals surface area contributed by atoms with Crippen molar-refractivity contribution in [1.29, 1.82) is 0 Å². The average Bonchev–Trinajstić information content (AvgIpc) is 3.25. The van der Waals surface area contributed by atoms with E-state index in [9.17, 15) is 9.18 Å². The molecule has 0 radical (unpaired) electrons. The van der Waals surface area contributed by atoms with E-state index in [-0.39, 0.29) is 10.9 Å². The van der Waals surface area contributed by atoms with Crippen LogP contribution in [0.25, 0.3) is 0 Å². The van der Waals surface area contributed by atoms with Crippen LogP contribution < -0.4 is 9.80 Å². The van der Waals surface area contributed by atoms with Crippen LogP contribution in [0.4, 0.5) is 15.9 Å². The Kier molecular flexibility index (Phi) is 5.11. The van der Waals surface area contributed by atoms with Crippen molar-refractivity contribution in [3.05, 3.63) is 47.1 Å². The first-order valence-corrected chi connectivity index (χ1v) is 9.56. The number of benzene rings is 1. The van der Waals surface area contributed by atoms with Gasteiger partial charge in [-0.2, -0.15) is 0 Å². The largest absolute Gasteiger partial charge is 0.368 e. The predicted molar refractivity (Wildman–Crippen MR) is 103 cm³/mol. The predicted octanol–water partition coefficient (Wildman–Crippen LogP) is 2.83. The third kappa shape index (κ3) is 3.83. The molecule has 2 fully saturated rings. The zero-order valence-electron chi connectivity index (χ0n) is 14.9. The molecule has 0 aliphatic carbocycles. The topological polar surface area (TPSA) is 52.6 Å². The zero-order valence-corrected chi connectivity index (χ0v) is 15.7. The summed E-state index contributed by atoms with van der Waals surface area (Å²) in [5, 5.41) is 0.112. The molecule has 0 N–H and O–H groups in total. The maximum Gasteiger partial charge on any atom is 0.272 e. The van der Waals surface area contributed by atoms with Crippen molar-refractivity contribution in [2.75, 3.05) is 49.1 Å². The van der Waals surface area contributed by atoms with Gasteiger partial charge in [0.05, 0.1) is 5.02 Å². The van der Waals surface area contributed by atoms with Crippen LogP contribution in [-0.2, 0) is 0 Å². The zero-order chi connectivity index (χ0) is 18.8. The van der Waals surface area contributed by atoms with Gasteiger partial charge < -0.3 is 14.7 Å². The second-order valence-electron chi connectivity index (χ2n) is 6.83. The first kappa shape index (κ1) is 18.0. The third-order valence-corrected chi connectivity index (χ3v) is 5.43. The van der Waals surface area contributed by atoms with Crippen LogP contribution in [0.15, 0.2) is 30.6 Å². The van der Waals surface area contributed by atoms with Gasteiger partial charge >= 0.3 is 0 Å². The number of piperazine rings is 1. The fourth-order valence-electron chi connectivity index (χ4n) is 3.59. The monoisotopic (exact) mass is 389 g/mol. The van der Waals surface area contributed by atoms with E-state index in [1.807, 2.05) is 0 Å². The van der Waals surface area contributed by atoms with Gasteiger partial charge in [-0.3, -0.25) is 4.79 Å². The first-order chi connectivity index (χ1) is 13.1. The number of anilines is 2. The van der Waals surface area contributed by atoms with Crippen molar-refractivity contribution in [2.24, 2.45) is 0 Å². The summed E-state index contributed by atoms with van der Waals surface area (Å²) in [6.45, 7) is 4.44. The van der Waals surface area contributed by atoms with Crippen LogP contribution >= 0.6 is 11.6 Å². The van der Waals surface area contributed by atoms with E-state index in [0.717, 1.165) is 37.4 Å². The van der Waals surface area contributed by atoms with Gasteiger partial charge in [-0.1, -0.05) is 11.6 Å². The second-order valence-corrected chi connectivity index (χ2v) is 7.24. The van der Waals surface area contributed by atoms with Gasteiger partial charge in [-0.05, 0) is 31.0 Å². The summed E-state index contributed by atoms with van der Waals surface area (Å²) in [4.78, 5) is 27.4. The van der Waals surface area contributed by atoms with E-state index in [2.05, 4.69) is 19.8 Å². The number of hydrogen-bond acceptors (Lipinski definition) is 5. The molecule has 0 bridgehead atoms. The SMILES string of the molecule is O=C(c1cc(N2CCCC2)ncn1)N1CCN(c2ccc(F)c(Cl)c2)CC1. The van der Waals surface area contributed by atoms with Crippen molar-refractivity contribution >= 4 is 29.0 Å². The number of halogens is 2. The highest BCUT2D eigenvalue weighted by atomic mass is 35.5. The highest BCUT2D eigenvalue weighted by molar-refractivity contribution is 6.31. The van der Waals surface area contributed by atoms with Crippen molar-refractivity contribution in [3.63, 3.8) is 0 Å². The summed E-state index contributed by atoms with van der Waals surface area (Å²) in [5.74, 6) is 0.326. The number of amides is 1. The van der Waals surface area contributed by atoms with E-state index >= 15 is 0 Å². The van der Waals surface area contributed by atoms with Crippen LogP contribution in [0.5, 0.6) is 0 Å². The molecular formula is C19H21ClFN5O. The summed E-state index contributed by atoms with van der Waals surface area (Å²) in [6.07, 6.45) is 3.78. The summed E-state index contributed by atoms with van der Waals surface area (Å²) >= 11 is 5.88. The highest BCUT2D eigenvalue weighted by Gasteiger charge is 2.24. The number of carbonyl (C=O) groups excluding carboxylic acids is 1. The van der Waals surface area contributed by atoms with Crippen molar-refractivity contribution in [2.45, 2.75) is 12.8 Å². The minimum atomic E-state index is -0.424. The van der Waals surface area contributed by atoms with Crippen LogP contribution in [0.1, 0.15) is 23.3 Å². The van der Waals surface area contributed by atoms with Crippen molar-refractivity contribution in [3.8, 4) is 0 Å².